The van der Waals surface area contributed by atoms with E-state index in [9.17, 15) is 9.59 Å². The summed E-state index contributed by atoms with van der Waals surface area (Å²) in [5.41, 5.74) is 1.55. The molecule has 0 bridgehead atoms. The third-order valence-corrected chi connectivity index (χ3v) is 7.37. The van der Waals surface area contributed by atoms with E-state index in [4.69, 9.17) is 9.47 Å². The van der Waals surface area contributed by atoms with Crippen LogP contribution in [0.15, 0.2) is 24.3 Å². The van der Waals surface area contributed by atoms with Gasteiger partial charge in [0.2, 0.25) is 5.91 Å². The highest BCUT2D eigenvalue weighted by Crippen LogP contribution is 2.43. The molecular formula is C23H26N2O4S. The zero-order valence-corrected chi connectivity index (χ0v) is 17.9. The molecule has 2 aromatic rings. The lowest BCUT2D eigenvalue weighted by molar-refractivity contribution is -0.117. The first-order chi connectivity index (χ1) is 14.5. The number of fused-ring (bicyclic) bond motifs is 1. The highest BCUT2D eigenvalue weighted by atomic mass is 32.1. The SMILES string of the molecule is Cc1cc(NC(=O)C2CC2)sc1C(=O)NC1(c2ccc3c(c2)OCCO3)CCCC1. The molecule has 2 heterocycles. The number of thiophene rings is 1. The van der Waals surface area contributed by atoms with E-state index in [1.807, 2.05) is 31.2 Å². The number of benzene rings is 1. The molecule has 0 spiro atoms. The van der Waals surface area contributed by atoms with Gasteiger partial charge in [-0.1, -0.05) is 18.9 Å². The number of aryl methyl sites for hydroxylation is 1. The highest BCUT2D eigenvalue weighted by Gasteiger charge is 2.38. The van der Waals surface area contributed by atoms with Gasteiger partial charge in [0.1, 0.15) is 13.2 Å². The molecule has 30 heavy (non-hydrogen) atoms. The molecule has 2 amide bonds. The molecule has 7 heteroatoms. The van der Waals surface area contributed by atoms with Crippen LogP contribution in [-0.2, 0) is 10.3 Å². The van der Waals surface area contributed by atoms with Gasteiger partial charge in [-0.3, -0.25) is 9.59 Å². The van der Waals surface area contributed by atoms with Crippen molar-refractivity contribution in [2.45, 2.75) is 51.0 Å². The molecule has 2 saturated carbocycles. The van der Waals surface area contributed by atoms with Crippen LogP contribution >= 0.6 is 11.3 Å². The molecule has 2 aliphatic carbocycles. The Morgan fingerprint density at radius 1 is 1.07 bits per heavy atom. The van der Waals surface area contributed by atoms with Crippen molar-refractivity contribution in [2.24, 2.45) is 5.92 Å². The minimum Gasteiger partial charge on any atom is -0.486 e. The summed E-state index contributed by atoms with van der Waals surface area (Å²) >= 11 is 1.35. The number of carbonyl (C=O) groups is 2. The van der Waals surface area contributed by atoms with E-state index in [0.717, 1.165) is 66.2 Å². The lowest BCUT2D eigenvalue weighted by atomic mass is 9.87. The van der Waals surface area contributed by atoms with Gasteiger partial charge in [0.05, 0.1) is 15.4 Å². The number of hydrogen-bond donors (Lipinski definition) is 2. The Morgan fingerprint density at radius 3 is 2.53 bits per heavy atom. The number of hydrogen-bond acceptors (Lipinski definition) is 5. The summed E-state index contributed by atoms with van der Waals surface area (Å²) < 4.78 is 11.4. The van der Waals surface area contributed by atoms with E-state index < -0.39 is 5.54 Å². The lowest BCUT2D eigenvalue weighted by Gasteiger charge is -2.32. The van der Waals surface area contributed by atoms with Crippen molar-refractivity contribution >= 4 is 28.2 Å². The molecule has 6 nitrogen and oxygen atoms in total. The molecule has 0 unspecified atom stereocenters. The van der Waals surface area contributed by atoms with Crippen LogP contribution in [-0.4, -0.2) is 25.0 Å². The summed E-state index contributed by atoms with van der Waals surface area (Å²) in [6, 6.07) is 7.90. The molecule has 1 aromatic heterocycles. The Kier molecular flexibility index (Phi) is 4.93. The average Bonchev–Trinajstić information content (AvgIpc) is 3.39. The number of nitrogens with one attached hydrogen (secondary N) is 2. The number of amides is 2. The molecule has 3 aliphatic rings. The van der Waals surface area contributed by atoms with E-state index in [0.29, 0.717) is 18.1 Å². The van der Waals surface area contributed by atoms with Crippen molar-refractivity contribution in [3.63, 3.8) is 0 Å². The Labute approximate surface area is 180 Å². The first-order valence-corrected chi connectivity index (χ1v) is 11.5. The topological polar surface area (TPSA) is 76.7 Å². The molecule has 2 fully saturated rings. The van der Waals surface area contributed by atoms with Crippen molar-refractivity contribution in [1.82, 2.24) is 5.32 Å². The van der Waals surface area contributed by atoms with Crippen molar-refractivity contribution in [1.29, 1.82) is 0 Å². The highest BCUT2D eigenvalue weighted by molar-refractivity contribution is 7.18. The zero-order chi connectivity index (χ0) is 20.7. The number of anilines is 1. The summed E-state index contributed by atoms with van der Waals surface area (Å²) in [5.74, 6) is 1.63. The summed E-state index contributed by atoms with van der Waals surface area (Å²) in [6.45, 7) is 3.02. The first-order valence-electron chi connectivity index (χ1n) is 10.7. The predicted molar refractivity (Wildman–Crippen MR) is 115 cm³/mol. The average molecular weight is 427 g/mol. The second-order valence-electron chi connectivity index (χ2n) is 8.49. The molecule has 2 N–H and O–H groups in total. The molecule has 0 saturated heterocycles. The Morgan fingerprint density at radius 2 is 1.80 bits per heavy atom. The van der Waals surface area contributed by atoms with Crippen LogP contribution in [0.2, 0.25) is 0 Å². The maximum Gasteiger partial charge on any atom is 0.262 e. The van der Waals surface area contributed by atoms with Gasteiger partial charge < -0.3 is 20.1 Å². The van der Waals surface area contributed by atoms with E-state index in [1.54, 1.807) is 0 Å². The van der Waals surface area contributed by atoms with E-state index in [2.05, 4.69) is 10.6 Å². The molecular weight excluding hydrogens is 400 g/mol. The fourth-order valence-electron chi connectivity index (χ4n) is 4.42. The standard InChI is InChI=1S/C23H26N2O4S/c1-14-12-19(24-21(26)15-4-5-15)30-20(14)22(27)25-23(8-2-3-9-23)16-6-7-17-18(13-16)29-11-10-28-17/h6-7,12-13,15H,2-5,8-11H2,1H3,(H,24,26)(H,25,27). The minimum atomic E-state index is -0.402. The number of ether oxygens (including phenoxy) is 2. The van der Waals surface area contributed by atoms with Gasteiger partial charge in [0.15, 0.2) is 11.5 Å². The Bertz CT molecular complexity index is 989. The van der Waals surface area contributed by atoms with Crippen LogP contribution in [0.4, 0.5) is 5.00 Å². The summed E-state index contributed by atoms with van der Waals surface area (Å²) in [5, 5.41) is 7.04. The predicted octanol–water partition coefficient (Wildman–Crippen LogP) is 4.38. The number of carbonyl (C=O) groups excluding carboxylic acids is 2. The van der Waals surface area contributed by atoms with Gasteiger partial charge in [-0.25, -0.2) is 0 Å². The molecule has 1 aliphatic heterocycles. The van der Waals surface area contributed by atoms with Crippen LogP contribution in [0.1, 0.15) is 59.3 Å². The molecule has 1 aromatic carbocycles. The second-order valence-corrected chi connectivity index (χ2v) is 9.54. The Balaban J connectivity index is 1.38. The minimum absolute atomic E-state index is 0.0618. The maximum atomic E-state index is 13.3. The van der Waals surface area contributed by atoms with E-state index >= 15 is 0 Å². The largest absolute Gasteiger partial charge is 0.486 e. The van der Waals surface area contributed by atoms with Crippen LogP contribution in [0.3, 0.4) is 0 Å². The first kappa shape index (κ1) is 19.4. The van der Waals surface area contributed by atoms with Gasteiger partial charge in [0, 0.05) is 5.92 Å². The number of rotatable bonds is 5. The van der Waals surface area contributed by atoms with Crippen molar-refractivity contribution in [2.75, 3.05) is 18.5 Å². The monoisotopic (exact) mass is 426 g/mol. The van der Waals surface area contributed by atoms with Gasteiger partial charge in [-0.05, 0) is 61.9 Å². The van der Waals surface area contributed by atoms with E-state index in [-0.39, 0.29) is 17.7 Å². The van der Waals surface area contributed by atoms with Crippen LogP contribution in [0.25, 0.3) is 0 Å². The van der Waals surface area contributed by atoms with Crippen LogP contribution < -0.4 is 20.1 Å². The van der Waals surface area contributed by atoms with Crippen LogP contribution in [0, 0.1) is 12.8 Å². The molecule has 0 radical (unpaired) electrons. The fraction of sp³-hybridized carbons (Fsp3) is 0.478. The van der Waals surface area contributed by atoms with Gasteiger partial charge in [-0.15, -0.1) is 11.3 Å². The van der Waals surface area contributed by atoms with Crippen molar-refractivity contribution < 1.29 is 19.1 Å². The van der Waals surface area contributed by atoms with Crippen molar-refractivity contribution in [3.8, 4) is 11.5 Å². The van der Waals surface area contributed by atoms with Gasteiger partial charge >= 0.3 is 0 Å². The van der Waals surface area contributed by atoms with Crippen molar-refractivity contribution in [3.05, 3.63) is 40.3 Å². The van der Waals surface area contributed by atoms with Gasteiger partial charge in [-0.2, -0.15) is 0 Å². The summed E-state index contributed by atoms with van der Waals surface area (Å²) in [7, 11) is 0. The smallest absolute Gasteiger partial charge is 0.262 e. The fourth-order valence-corrected chi connectivity index (χ4v) is 5.39. The normalized spacial score (nSPS) is 19.4. The van der Waals surface area contributed by atoms with E-state index in [1.165, 1.54) is 11.3 Å². The van der Waals surface area contributed by atoms with Gasteiger partial charge in [0.25, 0.3) is 5.91 Å². The third-order valence-electron chi connectivity index (χ3n) is 6.22. The summed E-state index contributed by atoms with van der Waals surface area (Å²) in [6.07, 6.45) is 5.85. The Hall–Kier alpha value is -2.54. The zero-order valence-electron chi connectivity index (χ0n) is 17.1. The van der Waals surface area contributed by atoms with Crippen LogP contribution in [0.5, 0.6) is 11.5 Å². The molecule has 5 rings (SSSR count). The summed E-state index contributed by atoms with van der Waals surface area (Å²) in [4.78, 5) is 26.0. The third kappa shape index (κ3) is 3.67. The quantitative estimate of drug-likeness (QED) is 0.744. The molecule has 158 valence electrons. The maximum absolute atomic E-state index is 13.3. The lowest BCUT2D eigenvalue weighted by Crippen LogP contribution is -2.43. The second kappa shape index (κ2) is 7.61. The molecule has 0 atom stereocenters.